The van der Waals surface area contributed by atoms with E-state index in [0.29, 0.717) is 19.8 Å². The summed E-state index contributed by atoms with van der Waals surface area (Å²) < 4.78 is 41.4. The highest BCUT2D eigenvalue weighted by Gasteiger charge is 2.65. The van der Waals surface area contributed by atoms with E-state index in [1.165, 1.54) is 19.3 Å². The van der Waals surface area contributed by atoms with Gasteiger partial charge < -0.3 is 27.8 Å². The smallest absolute Gasteiger partial charge is 0.349 e. The van der Waals surface area contributed by atoms with Crippen molar-refractivity contribution in [3.63, 3.8) is 0 Å². The third-order valence-electron chi connectivity index (χ3n) is 8.77. The minimum atomic E-state index is -2.90. The molecule has 41 heavy (non-hydrogen) atoms. The van der Waals surface area contributed by atoms with Crippen molar-refractivity contribution in [3.8, 4) is 0 Å². The lowest BCUT2D eigenvalue weighted by Crippen LogP contribution is -2.64. The molecule has 1 saturated carbocycles. The second-order valence-corrected chi connectivity index (χ2v) is 18.7. The highest BCUT2D eigenvalue weighted by Crippen LogP contribution is 2.55. The second kappa shape index (κ2) is 13.0. The standard InChI is InChI=1S/C34H50O6Si/c1-33(2,3)41(34(4,5)6)37-24-28-29(35-22-25-16-10-7-11-17-25)30(40-41)31(36-23-26-18-12-8-13-19-26)32(39-28)38-27-20-14-9-15-21-27/h7-8,10-13,16-19,27-32H,9,14-15,20-24H2,1-6H3/t28-,29+,30+,31-,32-/m1/s1. The van der Waals surface area contributed by atoms with Crippen LogP contribution in [0.5, 0.6) is 0 Å². The molecule has 6 nitrogen and oxygen atoms in total. The predicted octanol–water partition coefficient (Wildman–Crippen LogP) is 7.69. The summed E-state index contributed by atoms with van der Waals surface area (Å²) in [7, 11) is -2.90. The molecule has 0 radical (unpaired) electrons. The van der Waals surface area contributed by atoms with Gasteiger partial charge in [-0.2, -0.15) is 0 Å². The number of rotatable bonds is 8. The molecule has 0 unspecified atom stereocenters. The van der Waals surface area contributed by atoms with Crippen molar-refractivity contribution in [2.45, 2.75) is 134 Å². The Morgan fingerprint density at radius 1 is 0.732 bits per heavy atom. The fourth-order valence-corrected chi connectivity index (χ4v) is 11.8. The van der Waals surface area contributed by atoms with Gasteiger partial charge in [0.2, 0.25) is 0 Å². The summed E-state index contributed by atoms with van der Waals surface area (Å²) in [4.78, 5) is 0. The fraction of sp³-hybridized carbons (Fsp3) is 0.647. The molecule has 2 bridgehead atoms. The minimum Gasteiger partial charge on any atom is -0.391 e. The van der Waals surface area contributed by atoms with Crippen molar-refractivity contribution in [2.75, 3.05) is 6.61 Å². The summed E-state index contributed by atoms with van der Waals surface area (Å²) >= 11 is 0. The van der Waals surface area contributed by atoms with Crippen LogP contribution in [0.2, 0.25) is 10.1 Å². The number of fused-ring (bicyclic) bond motifs is 2. The van der Waals surface area contributed by atoms with Crippen LogP contribution in [-0.4, -0.2) is 52.0 Å². The zero-order valence-electron chi connectivity index (χ0n) is 25.8. The summed E-state index contributed by atoms with van der Waals surface area (Å²) in [6.45, 7) is 14.8. The van der Waals surface area contributed by atoms with E-state index in [2.05, 4.69) is 65.8 Å². The van der Waals surface area contributed by atoms with Crippen LogP contribution in [0.15, 0.2) is 60.7 Å². The molecular weight excluding hydrogens is 532 g/mol. The van der Waals surface area contributed by atoms with Crippen molar-refractivity contribution in [3.05, 3.63) is 71.8 Å². The first-order valence-corrected chi connectivity index (χ1v) is 17.3. The van der Waals surface area contributed by atoms with Crippen LogP contribution in [0.1, 0.15) is 84.8 Å². The monoisotopic (exact) mass is 582 g/mol. The largest absolute Gasteiger partial charge is 0.391 e. The van der Waals surface area contributed by atoms with E-state index >= 15 is 0 Å². The lowest BCUT2D eigenvalue weighted by molar-refractivity contribution is -0.320. The van der Waals surface area contributed by atoms with Crippen LogP contribution in [0.25, 0.3) is 0 Å². The van der Waals surface area contributed by atoms with E-state index in [1.54, 1.807) is 0 Å². The SMILES string of the molecule is CC(C)(C)[Si]1(C(C)(C)C)OC[C@H]2O[C@@H](OC3CCCCC3)[C@H](OCc3ccccc3)[C@@H](O1)[C@H]2OCc1ccccc1. The van der Waals surface area contributed by atoms with Crippen molar-refractivity contribution in [1.29, 1.82) is 0 Å². The lowest BCUT2D eigenvalue weighted by Gasteiger charge is -2.51. The Balaban J connectivity index is 1.51. The molecule has 3 aliphatic rings. The predicted molar refractivity (Wildman–Crippen MR) is 163 cm³/mol. The first kappa shape index (κ1) is 30.9. The summed E-state index contributed by atoms with van der Waals surface area (Å²) in [5.74, 6) is 0. The average molecular weight is 583 g/mol. The van der Waals surface area contributed by atoms with Gasteiger partial charge >= 0.3 is 8.56 Å². The molecule has 0 N–H and O–H groups in total. The van der Waals surface area contributed by atoms with Crippen LogP contribution in [0.3, 0.4) is 0 Å². The van der Waals surface area contributed by atoms with Gasteiger partial charge in [-0.1, -0.05) is 121 Å². The molecule has 5 rings (SSSR count). The van der Waals surface area contributed by atoms with E-state index in [4.69, 9.17) is 27.8 Å². The van der Waals surface area contributed by atoms with Crippen LogP contribution < -0.4 is 0 Å². The van der Waals surface area contributed by atoms with E-state index in [9.17, 15) is 0 Å². The first-order valence-electron chi connectivity index (χ1n) is 15.5. The molecule has 2 aliphatic heterocycles. The fourth-order valence-electron chi connectivity index (χ4n) is 6.89. The molecule has 2 aromatic carbocycles. The average Bonchev–Trinajstić information content (AvgIpc) is 3.07. The summed E-state index contributed by atoms with van der Waals surface area (Å²) in [6.07, 6.45) is 3.79. The van der Waals surface area contributed by atoms with Crippen LogP contribution in [0, 0.1) is 0 Å². The van der Waals surface area contributed by atoms with Gasteiger partial charge in [0.15, 0.2) is 6.29 Å². The third kappa shape index (κ3) is 6.98. The second-order valence-electron chi connectivity index (χ2n) is 14.0. The van der Waals surface area contributed by atoms with Crippen LogP contribution >= 0.6 is 0 Å². The Morgan fingerprint density at radius 3 is 1.80 bits per heavy atom. The molecule has 226 valence electrons. The van der Waals surface area contributed by atoms with Crippen molar-refractivity contribution < 1.29 is 27.8 Å². The zero-order valence-corrected chi connectivity index (χ0v) is 26.8. The van der Waals surface area contributed by atoms with Gasteiger partial charge in [0, 0.05) is 10.1 Å². The quantitative estimate of drug-likeness (QED) is 0.298. The number of hydrogen-bond donors (Lipinski definition) is 0. The Labute approximate surface area is 248 Å². The Hall–Kier alpha value is -1.58. The Bertz CT molecular complexity index is 1060. The summed E-state index contributed by atoms with van der Waals surface area (Å²) in [6, 6.07) is 20.6. The number of hydrogen-bond acceptors (Lipinski definition) is 6. The lowest BCUT2D eigenvalue weighted by atomic mass is 9.96. The summed E-state index contributed by atoms with van der Waals surface area (Å²) in [5.41, 5.74) is 2.22. The van der Waals surface area contributed by atoms with Crippen molar-refractivity contribution >= 4 is 8.56 Å². The van der Waals surface area contributed by atoms with Gasteiger partial charge in [0.25, 0.3) is 0 Å². The highest BCUT2D eigenvalue weighted by molar-refractivity contribution is 6.73. The molecule has 2 saturated heterocycles. The zero-order chi connectivity index (χ0) is 29.1. The molecule has 0 aromatic heterocycles. The molecule has 2 heterocycles. The van der Waals surface area contributed by atoms with E-state index < -0.39 is 27.1 Å². The highest BCUT2D eigenvalue weighted by atomic mass is 28.4. The topological polar surface area (TPSA) is 55.4 Å². The van der Waals surface area contributed by atoms with Gasteiger partial charge in [-0.25, -0.2) is 0 Å². The normalized spacial score (nSPS) is 29.2. The number of benzene rings is 2. The van der Waals surface area contributed by atoms with Gasteiger partial charge in [-0.05, 0) is 24.0 Å². The van der Waals surface area contributed by atoms with Crippen molar-refractivity contribution in [1.82, 2.24) is 0 Å². The maximum atomic E-state index is 7.43. The Morgan fingerprint density at radius 2 is 1.27 bits per heavy atom. The molecule has 3 fully saturated rings. The number of ether oxygens (including phenoxy) is 4. The summed E-state index contributed by atoms with van der Waals surface area (Å²) in [5, 5.41) is -0.396. The first-order chi connectivity index (χ1) is 19.6. The molecular formula is C34H50O6Si. The van der Waals surface area contributed by atoms with Crippen LogP contribution in [0.4, 0.5) is 0 Å². The van der Waals surface area contributed by atoms with Gasteiger partial charge in [-0.3, -0.25) is 0 Å². The minimum absolute atomic E-state index is 0.161. The van der Waals surface area contributed by atoms with Crippen molar-refractivity contribution in [2.24, 2.45) is 0 Å². The van der Waals surface area contributed by atoms with Gasteiger partial charge in [-0.15, -0.1) is 0 Å². The molecule has 1 aliphatic carbocycles. The molecule has 0 spiro atoms. The van der Waals surface area contributed by atoms with Gasteiger partial charge in [0.1, 0.15) is 24.4 Å². The van der Waals surface area contributed by atoms with E-state index in [-0.39, 0.29) is 28.4 Å². The Kier molecular flexibility index (Phi) is 9.76. The molecule has 5 atom stereocenters. The molecule has 2 aromatic rings. The van der Waals surface area contributed by atoms with E-state index in [1.807, 2.05) is 36.4 Å². The maximum Gasteiger partial charge on any atom is 0.349 e. The van der Waals surface area contributed by atoms with Crippen LogP contribution in [-0.2, 0) is 41.0 Å². The molecule has 7 heteroatoms. The third-order valence-corrected chi connectivity index (χ3v) is 13.9. The van der Waals surface area contributed by atoms with Gasteiger partial charge in [0.05, 0.1) is 25.9 Å². The van der Waals surface area contributed by atoms with E-state index in [0.717, 1.165) is 24.0 Å². The maximum absolute atomic E-state index is 7.43. The molecule has 0 amide bonds.